The van der Waals surface area contributed by atoms with Gasteiger partial charge in [-0.1, -0.05) is 26.8 Å². The maximum atomic E-state index is 6.33. The molecule has 164 valence electrons. The molecular weight excluding hydrogens is 402 g/mol. The Morgan fingerprint density at radius 3 is 2.66 bits per heavy atom. The summed E-state index contributed by atoms with van der Waals surface area (Å²) in [6.07, 6.45) is 9.83. The van der Waals surface area contributed by atoms with Crippen LogP contribution in [0.25, 0.3) is 11.1 Å². The van der Waals surface area contributed by atoms with Gasteiger partial charge in [-0.25, -0.2) is 15.0 Å². The topological polar surface area (TPSA) is 95.2 Å². The van der Waals surface area contributed by atoms with E-state index in [9.17, 15) is 0 Å². The lowest BCUT2D eigenvalue weighted by Crippen LogP contribution is -2.35. The van der Waals surface area contributed by atoms with E-state index in [-0.39, 0.29) is 5.41 Å². The third-order valence-corrected chi connectivity index (χ3v) is 5.96. The van der Waals surface area contributed by atoms with Gasteiger partial charge < -0.3 is 20.5 Å². The molecule has 2 aliphatic heterocycles. The van der Waals surface area contributed by atoms with Crippen LogP contribution >= 0.6 is 0 Å². The monoisotopic (exact) mass is 429 g/mol. The van der Waals surface area contributed by atoms with Crippen LogP contribution in [0.15, 0.2) is 61.1 Å². The van der Waals surface area contributed by atoms with Crippen LogP contribution in [0, 0.1) is 5.41 Å². The Hall–Kier alpha value is -3.61. The molecule has 0 radical (unpaired) electrons. The average molecular weight is 430 g/mol. The fraction of sp³-hybridized carbons (Fsp3) is 0.320. The van der Waals surface area contributed by atoms with Crippen molar-refractivity contribution in [2.75, 3.05) is 13.2 Å². The second kappa shape index (κ2) is 7.51. The fourth-order valence-electron chi connectivity index (χ4n) is 4.28. The van der Waals surface area contributed by atoms with Gasteiger partial charge in [0.25, 0.3) is 0 Å². The summed E-state index contributed by atoms with van der Waals surface area (Å²) in [6, 6.07) is 8.02. The number of nitrogens with zero attached hydrogens (tertiary/aromatic N) is 3. The highest BCUT2D eigenvalue weighted by molar-refractivity contribution is 5.71. The zero-order valence-electron chi connectivity index (χ0n) is 18.6. The Morgan fingerprint density at radius 2 is 1.94 bits per heavy atom. The standard InChI is InChI=1S/C25H27N5O2/c1-24(2,3)7-9-31-23-22-20(6-8-29-23)32-19-5-4-16(17-12-27-15-28-13-17)10-18(19)25(22)11-21(26)30-14-25/h4-6,8,10-13,15,30H,7,9,14,26H2,1-3H3. The van der Waals surface area contributed by atoms with Crippen molar-refractivity contribution in [3.63, 3.8) is 0 Å². The Labute approximate surface area is 187 Å². The van der Waals surface area contributed by atoms with Gasteiger partial charge in [-0.2, -0.15) is 0 Å². The van der Waals surface area contributed by atoms with Crippen LogP contribution in [-0.2, 0) is 5.41 Å². The van der Waals surface area contributed by atoms with E-state index in [1.54, 1.807) is 18.6 Å². The van der Waals surface area contributed by atoms with E-state index < -0.39 is 5.41 Å². The SMILES string of the molecule is CC(C)(C)CCOc1nccc2c1C1(C=C(N)NC1)c1cc(-c3cncnc3)ccc1O2. The second-order valence-electron chi connectivity index (χ2n) is 9.51. The van der Waals surface area contributed by atoms with E-state index in [0.29, 0.717) is 24.9 Å². The molecule has 0 saturated heterocycles. The van der Waals surface area contributed by atoms with E-state index >= 15 is 0 Å². The predicted molar refractivity (Wildman–Crippen MR) is 122 cm³/mol. The van der Waals surface area contributed by atoms with E-state index in [4.69, 9.17) is 15.2 Å². The van der Waals surface area contributed by atoms with Gasteiger partial charge in [-0.05, 0) is 41.7 Å². The molecule has 2 aromatic heterocycles. The van der Waals surface area contributed by atoms with Crippen molar-refractivity contribution in [1.29, 1.82) is 0 Å². The van der Waals surface area contributed by atoms with Gasteiger partial charge in [0, 0.05) is 36.3 Å². The first kappa shape index (κ1) is 20.3. The smallest absolute Gasteiger partial charge is 0.221 e. The lowest BCUT2D eigenvalue weighted by atomic mass is 9.73. The van der Waals surface area contributed by atoms with Crippen LogP contribution in [0.5, 0.6) is 17.4 Å². The van der Waals surface area contributed by atoms with Crippen molar-refractivity contribution < 1.29 is 9.47 Å². The van der Waals surface area contributed by atoms with Gasteiger partial charge in [0.05, 0.1) is 23.4 Å². The molecule has 3 aromatic rings. The molecule has 7 nitrogen and oxygen atoms in total. The van der Waals surface area contributed by atoms with Crippen molar-refractivity contribution in [1.82, 2.24) is 20.3 Å². The van der Waals surface area contributed by atoms with Gasteiger partial charge in [-0.3, -0.25) is 0 Å². The Bertz CT molecular complexity index is 1190. The van der Waals surface area contributed by atoms with Crippen LogP contribution in [0.3, 0.4) is 0 Å². The molecule has 0 saturated carbocycles. The molecule has 7 heteroatoms. The average Bonchev–Trinajstić information content (AvgIpc) is 3.15. The Kier molecular flexibility index (Phi) is 4.77. The number of benzene rings is 1. The lowest BCUT2D eigenvalue weighted by molar-refractivity contribution is 0.231. The molecule has 0 aliphatic carbocycles. The molecular formula is C25H27N5O2. The molecule has 3 N–H and O–H groups in total. The summed E-state index contributed by atoms with van der Waals surface area (Å²) in [6.45, 7) is 7.76. The number of hydrogen-bond donors (Lipinski definition) is 2. The minimum Gasteiger partial charge on any atom is -0.477 e. The maximum Gasteiger partial charge on any atom is 0.221 e. The third-order valence-electron chi connectivity index (χ3n) is 5.96. The van der Waals surface area contributed by atoms with Crippen LogP contribution in [0.4, 0.5) is 0 Å². The minimum absolute atomic E-state index is 0.168. The molecule has 5 rings (SSSR count). The normalized spacial score (nSPS) is 18.9. The largest absolute Gasteiger partial charge is 0.477 e. The van der Waals surface area contributed by atoms with E-state index in [1.165, 1.54) is 6.33 Å². The lowest BCUT2D eigenvalue weighted by Gasteiger charge is -2.36. The number of hydrogen-bond acceptors (Lipinski definition) is 7. The van der Waals surface area contributed by atoms with Crippen LogP contribution in [-0.4, -0.2) is 28.1 Å². The van der Waals surface area contributed by atoms with E-state index in [1.807, 2.05) is 18.2 Å². The highest BCUT2D eigenvalue weighted by Crippen LogP contribution is 2.53. The molecule has 2 aliphatic rings. The van der Waals surface area contributed by atoms with Crippen LogP contribution in [0.2, 0.25) is 0 Å². The van der Waals surface area contributed by atoms with Crippen molar-refractivity contribution in [3.8, 4) is 28.5 Å². The number of fused-ring (bicyclic) bond motifs is 4. The van der Waals surface area contributed by atoms with E-state index in [0.717, 1.165) is 40.2 Å². The molecule has 1 spiro atoms. The molecule has 0 fully saturated rings. The summed E-state index contributed by atoms with van der Waals surface area (Å²) < 4.78 is 12.6. The second-order valence-corrected chi connectivity index (χ2v) is 9.51. The molecule has 0 amide bonds. The van der Waals surface area contributed by atoms with Crippen molar-refractivity contribution in [3.05, 3.63) is 72.2 Å². The molecule has 1 unspecified atom stereocenters. The molecule has 0 bridgehead atoms. The Morgan fingerprint density at radius 1 is 1.12 bits per heavy atom. The van der Waals surface area contributed by atoms with Crippen molar-refractivity contribution in [2.45, 2.75) is 32.6 Å². The molecule has 1 aromatic carbocycles. The quantitative estimate of drug-likeness (QED) is 0.643. The summed E-state index contributed by atoms with van der Waals surface area (Å²) >= 11 is 0. The van der Waals surface area contributed by atoms with Crippen molar-refractivity contribution in [2.24, 2.45) is 11.1 Å². The summed E-state index contributed by atoms with van der Waals surface area (Å²) in [5.74, 6) is 2.74. The minimum atomic E-state index is -0.552. The van der Waals surface area contributed by atoms with Crippen molar-refractivity contribution >= 4 is 0 Å². The third kappa shape index (κ3) is 3.53. The number of pyridine rings is 1. The fourth-order valence-corrected chi connectivity index (χ4v) is 4.28. The van der Waals surface area contributed by atoms with E-state index in [2.05, 4.69) is 53.2 Å². The van der Waals surface area contributed by atoms with Gasteiger partial charge in [0.2, 0.25) is 5.88 Å². The van der Waals surface area contributed by atoms with Crippen LogP contribution < -0.4 is 20.5 Å². The molecule has 4 heterocycles. The number of nitrogens with two attached hydrogens (primary N) is 1. The molecule has 1 atom stereocenters. The number of aromatic nitrogens is 3. The predicted octanol–water partition coefficient (Wildman–Crippen LogP) is 4.15. The zero-order chi connectivity index (χ0) is 22.3. The highest BCUT2D eigenvalue weighted by atomic mass is 16.5. The number of nitrogens with one attached hydrogen (secondary N) is 1. The number of ether oxygens (including phenoxy) is 2. The number of rotatable bonds is 4. The summed E-state index contributed by atoms with van der Waals surface area (Å²) in [7, 11) is 0. The van der Waals surface area contributed by atoms with Crippen LogP contribution in [0.1, 0.15) is 38.3 Å². The first-order valence-electron chi connectivity index (χ1n) is 10.8. The van der Waals surface area contributed by atoms with Gasteiger partial charge in [0.15, 0.2) is 0 Å². The Balaban J connectivity index is 1.63. The zero-order valence-corrected chi connectivity index (χ0v) is 18.6. The van der Waals surface area contributed by atoms with Gasteiger partial charge in [-0.15, -0.1) is 0 Å². The summed E-state index contributed by atoms with van der Waals surface area (Å²) in [4.78, 5) is 12.9. The molecule has 32 heavy (non-hydrogen) atoms. The van der Waals surface area contributed by atoms with Gasteiger partial charge in [0.1, 0.15) is 17.8 Å². The summed E-state index contributed by atoms with van der Waals surface area (Å²) in [5, 5.41) is 3.30. The first-order chi connectivity index (χ1) is 15.4. The first-order valence-corrected chi connectivity index (χ1v) is 10.8. The summed E-state index contributed by atoms with van der Waals surface area (Å²) in [5.41, 5.74) is 9.71. The van der Waals surface area contributed by atoms with Gasteiger partial charge >= 0.3 is 0 Å². The highest BCUT2D eigenvalue weighted by Gasteiger charge is 2.46. The maximum absolute atomic E-state index is 6.33.